The SMILES string of the molecule is C=CS(=O)(=O)N(C)Cc1cc(C)ccc1Br. The van der Waals surface area contributed by atoms with Crippen molar-refractivity contribution in [2.75, 3.05) is 7.05 Å². The van der Waals surface area contributed by atoms with Gasteiger partial charge in [-0.25, -0.2) is 8.42 Å². The second-order valence-electron chi connectivity index (χ2n) is 3.56. The van der Waals surface area contributed by atoms with E-state index in [0.717, 1.165) is 21.0 Å². The molecule has 0 aliphatic heterocycles. The molecule has 1 rings (SSSR count). The van der Waals surface area contributed by atoms with Crippen molar-refractivity contribution in [3.05, 3.63) is 45.8 Å². The minimum atomic E-state index is -3.35. The van der Waals surface area contributed by atoms with Crippen molar-refractivity contribution in [3.8, 4) is 0 Å². The molecule has 0 spiro atoms. The molecule has 0 aromatic heterocycles. The molecule has 0 N–H and O–H groups in total. The van der Waals surface area contributed by atoms with Crippen LogP contribution in [0.25, 0.3) is 0 Å². The van der Waals surface area contributed by atoms with E-state index in [2.05, 4.69) is 22.5 Å². The van der Waals surface area contributed by atoms with Gasteiger partial charge < -0.3 is 0 Å². The molecule has 16 heavy (non-hydrogen) atoms. The van der Waals surface area contributed by atoms with E-state index < -0.39 is 10.0 Å². The second-order valence-corrected chi connectivity index (χ2v) is 6.40. The Bertz CT molecular complexity index is 497. The maximum atomic E-state index is 11.5. The summed E-state index contributed by atoms with van der Waals surface area (Å²) >= 11 is 3.40. The van der Waals surface area contributed by atoms with E-state index >= 15 is 0 Å². The summed E-state index contributed by atoms with van der Waals surface area (Å²) in [6.07, 6.45) is 0. The predicted octanol–water partition coefficient (Wildman–Crippen LogP) is 2.66. The maximum Gasteiger partial charge on any atom is 0.235 e. The lowest BCUT2D eigenvalue weighted by Gasteiger charge is -2.15. The summed E-state index contributed by atoms with van der Waals surface area (Å²) in [6, 6.07) is 5.84. The van der Waals surface area contributed by atoms with Crippen LogP contribution in [0.1, 0.15) is 11.1 Å². The van der Waals surface area contributed by atoms with E-state index in [9.17, 15) is 8.42 Å². The number of aryl methyl sites for hydroxylation is 1. The first-order valence-corrected chi connectivity index (χ1v) is 7.00. The van der Waals surface area contributed by atoms with Crippen molar-refractivity contribution in [1.29, 1.82) is 0 Å². The van der Waals surface area contributed by atoms with Gasteiger partial charge in [-0.05, 0) is 18.6 Å². The van der Waals surface area contributed by atoms with Gasteiger partial charge in [-0.1, -0.05) is 40.2 Å². The average Bonchev–Trinajstić information content (AvgIpc) is 2.23. The van der Waals surface area contributed by atoms with Gasteiger partial charge in [-0.2, -0.15) is 4.31 Å². The van der Waals surface area contributed by atoms with E-state index in [0.29, 0.717) is 6.54 Å². The van der Waals surface area contributed by atoms with Crippen LogP contribution in [-0.2, 0) is 16.6 Å². The summed E-state index contributed by atoms with van der Waals surface area (Å²) in [7, 11) is -1.82. The summed E-state index contributed by atoms with van der Waals surface area (Å²) in [5.41, 5.74) is 2.04. The lowest BCUT2D eigenvalue weighted by molar-refractivity contribution is 0.474. The van der Waals surface area contributed by atoms with Crippen LogP contribution < -0.4 is 0 Å². The standard InChI is InChI=1S/C11H14BrNO2S/c1-4-16(14,15)13(3)8-10-7-9(2)5-6-11(10)12/h4-7H,1,8H2,2-3H3. The van der Waals surface area contributed by atoms with Crippen molar-refractivity contribution >= 4 is 26.0 Å². The lowest BCUT2D eigenvalue weighted by Crippen LogP contribution is -2.24. The third-order valence-electron chi connectivity index (χ3n) is 2.24. The van der Waals surface area contributed by atoms with Crippen molar-refractivity contribution in [1.82, 2.24) is 4.31 Å². The fourth-order valence-corrected chi connectivity index (χ4v) is 2.23. The first-order chi connectivity index (χ1) is 7.36. The molecule has 0 amide bonds. The fraction of sp³-hybridized carbons (Fsp3) is 0.273. The fourth-order valence-electron chi connectivity index (χ4n) is 1.28. The highest BCUT2D eigenvalue weighted by Crippen LogP contribution is 2.20. The smallest absolute Gasteiger partial charge is 0.208 e. The molecule has 0 saturated carbocycles. The monoisotopic (exact) mass is 303 g/mol. The Kier molecular flexibility index (Phi) is 4.29. The normalized spacial score (nSPS) is 11.8. The number of rotatable bonds is 4. The highest BCUT2D eigenvalue weighted by atomic mass is 79.9. The first-order valence-electron chi connectivity index (χ1n) is 4.70. The Morgan fingerprint density at radius 1 is 1.50 bits per heavy atom. The molecule has 0 atom stereocenters. The molecule has 0 bridgehead atoms. The summed E-state index contributed by atoms with van der Waals surface area (Å²) < 4.78 is 25.2. The van der Waals surface area contributed by atoms with E-state index in [1.807, 2.05) is 25.1 Å². The molecule has 0 unspecified atom stereocenters. The Morgan fingerprint density at radius 2 is 2.12 bits per heavy atom. The minimum Gasteiger partial charge on any atom is -0.208 e. The van der Waals surface area contributed by atoms with Gasteiger partial charge >= 0.3 is 0 Å². The quantitative estimate of drug-likeness (QED) is 0.857. The summed E-state index contributed by atoms with van der Waals surface area (Å²) in [5, 5.41) is 0.955. The zero-order valence-corrected chi connectivity index (χ0v) is 11.7. The zero-order valence-electron chi connectivity index (χ0n) is 9.27. The van der Waals surface area contributed by atoms with Gasteiger partial charge in [0.15, 0.2) is 0 Å². The summed E-state index contributed by atoms with van der Waals surface area (Å²) in [5.74, 6) is 0. The molecule has 88 valence electrons. The number of sulfonamides is 1. The lowest BCUT2D eigenvalue weighted by atomic mass is 10.1. The zero-order chi connectivity index (χ0) is 12.3. The van der Waals surface area contributed by atoms with Gasteiger partial charge in [-0.15, -0.1) is 0 Å². The topological polar surface area (TPSA) is 37.4 Å². The molecule has 0 aliphatic rings. The Hall–Kier alpha value is -0.650. The molecular weight excluding hydrogens is 290 g/mol. The molecule has 0 saturated heterocycles. The number of hydrogen-bond acceptors (Lipinski definition) is 2. The number of hydrogen-bond donors (Lipinski definition) is 0. The minimum absolute atomic E-state index is 0.330. The van der Waals surface area contributed by atoms with E-state index in [-0.39, 0.29) is 0 Å². The van der Waals surface area contributed by atoms with Crippen LogP contribution in [0, 0.1) is 6.92 Å². The van der Waals surface area contributed by atoms with E-state index in [4.69, 9.17) is 0 Å². The van der Waals surface area contributed by atoms with Crippen LogP contribution in [0.2, 0.25) is 0 Å². The molecular formula is C11H14BrNO2S. The molecule has 5 heteroatoms. The average molecular weight is 304 g/mol. The third-order valence-corrected chi connectivity index (χ3v) is 4.43. The molecule has 3 nitrogen and oxygen atoms in total. The number of halogens is 1. The molecule has 0 heterocycles. The van der Waals surface area contributed by atoms with Crippen LogP contribution in [0.4, 0.5) is 0 Å². The van der Waals surface area contributed by atoms with Crippen molar-refractivity contribution < 1.29 is 8.42 Å². The van der Waals surface area contributed by atoms with Gasteiger partial charge in [0.05, 0.1) is 0 Å². The second kappa shape index (κ2) is 5.12. The van der Waals surface area contributed by atoms with Gasteiger partial charge in [-0.3, -0.25) is 0 Å². The van der Waals surface area contributed by atoms with Gasteiger partial charge in [0.1, 0.15) is 0 Å². The van der Waals surface area contributed by atoms with Crippen LogP contribution >= 0.6 is 15.9 Å². The Labute approximate surface area is 105 Å². The molecule has 1 aromatic rings. The van der Waals surface area contributed by atoms with Crippen molar-refractivity contribution in [2.45, 2.75) is 13.5 Å². The Morgan fingerprint density at radius 3 is 2.69 bits per heavy atom. The van der Waals surface area contributed by atoms with Gasteiger partial charge in [0.25, 0.3) is 0 Å². The van der Waals surface area contributed by atoms with Gasteiger partial charge in [0.2, 0.25) is 10.0 Å². The van der Waals surface area contributed by atoms with Crippen molar-refractivity contribution in [3.63, 3.8) is 0 Å². The van der Waals surface area contributed by atoms with Crippen LogP contribution in [-0.4, -0.2) is 19.8 Å². The largest absolute Gasteiger partial charge is 0.235 e. The van der Waals surface area contributed by atoms with E-state index in [1.165, 1.54) is 11.4 Å². The maximum absolute atomic E-state index is 11.5. The molecule has 0 fully saturated rings. The molecule has 0 aliphatic carbocycles. The Balaban J connectivity index is 2.97. The highest BCUT2D eigenvalue weighted by Gasteiger charge is 2.14. The summed E-state index contributed by atoms with van der Waals surface area (Å²) in [4.78, 5) is 0. The third kappa shape index (κ3) is 3.17. The molecule has 0 radical (unpaired) electrons. The summed E-state index contributed by atoms with van der Waals surface area (Å²) in [6.45, 7) is 5.59. The highest BCUT2D eigenvalue weighted by molar-refractivity contribution is 9.10. The predicted molar refractivity (Wildman–Crippen MR) is 69.5 cm³/mol. The first kappa shape index (κ1) is 13.4. The van der Waals surface area contributed by atoms with Crippen LogP contribution in [0.5, 0.6) is 0 Å². The number of nitrogens with zero attached hydrogens (tertiary/aromatic N) is 1. The van der Waals surface area contributed by atoms with Crippen molar-refractivity contribution in [2.24, 2.45) is 0 Å². The molecule has 1 aromatic carbocycles. The van der Waals surface area contributed by atoms with E-state index in [1.54, 1.807) is 0 Å². The van der Waals surface area contributed by atoms with Crippen LogP contribution in [0.15, 0.2) is 34.7 Å². The number of benzene rings is 1. The van der Waals surface area contributed by atoms with Gasteiger partial charge in [0, 0.05) is 23.5 Å². The van der Waals surface area contributed by atoms with Crippen LogP contribution in [0.3, 0.4) is 0 Å².